The van der Waals surface area contributed by atoms with Crippen LogP contribution in [0.4, 0.5) is 5.13 Å². The Kier molecular flexibility index (Phi) is 4.95. The van der Waals surface area contributed by atoms with Crippen molar-refractivity contribution in [1.82, 2.24) is 14.8 Å². The molecule has 2 saturated heterocycles. The number of nitrogens with zero attached hydrogens (tertiary/aromatic N) is 3. The van der Waals surface area contributed by atoms with Crippen LogP contribution >= 0.6 is 11.3 Å². The number of hydrogen-bond donors (Lipinski definition) is 1. The number of thiazole rings is 1. The van der Waals surface area contributed by atoms with Gasteiger partial charge in [-0.15, -0.1) is 0 Å². The fourth-order valence-corrected chi connectivity index (χ4v) is 4.19. The number of nitrogens with one attached hydrogen (secondary N) is 1. The monoisotopic (exact) mass is 324 g/mol. The van der Waals surface area contributed by atoms with Gasteiger partial charge in [-0.1, -0.05) is 11.3 Å². The Hall–Kier alpha value is -1.18. The molecule has 0 aliphatic carbocycles. The highest BCUT2D eigenvalue weighted by molar-refractivity contribution is 7.17. The Morgan fingerprint density at radius 3 is 2.95 bits per heavy atom. The number of morpholine rings is 1. The molecule has 2 aliphatic heterocycles. The van der Waals surface area contributed by atoms with Crippen molar-refractivity contribution in [3.8, 4) is 0 Å². The largest absolute Gasteiger partial charge is 0.379 e. The summed E-state index contributed by atoms with van der Waals surface area (Å²) in [7, 11) is 0. The fourth-order valence-electron chi connectivity index (χ4n) is 3.35. The number of anilines is 1. The molecule has 3 heterocycles. The highest BCUT2D eigenvalue weighted by Gasteiger charge is 2.38. The standard InChI is InChI=1S/C15H24N4O2S/c1-3-16-15-17-10-13(22-15)14(20)19-5-4-12(11(19)2)18-6-8-21-9-7-18/h10-12H,3-9H2,1-2H3,(H,16,17)/t11-,12-/m1/s1. The molecule has 7 heteroatoms. The van der Waals surface area contributed by atoms with Crippen molar-refractivity contribution < 1.29 is 9.53 Å². The van der Waals surface area contributed by atoms with E-state index in [9.17, 15) is 4.79 Å². The fraction of sp³-hybridized carbons (Fsp3) is 0.733. The van der Waals surface area contributed by atoms with Crippen LogP contribution in [0.3, 0.4) is 0 Å². The van der Waals surface area contributed by atoms with Crippen LogP contribution in [0.15, 0.2) is 6.20 Å². The molecular formula is C15H24N4O2S. The van der Waals surface area contributed by atoms with Crippen molar-refractivity contribution in [3.63, 3.8) is 0 Å². The average Bonchev–Trinajstić information content (AvgIpc) is 3.15. The van der Waals surface area contributed by atoms with E-state index in [-0.39, 0.29) is 11.9 Å². The van der Waals surface area contributed by atoms with Gasteiger partial charge in [0, 0.05) is 38.3 Å². The number of rotatable bonds is 4. The Balaban J connectivity index is 1.65. The smallest absolute Gasteiger partial charge is 0.265 e. The van der Waals surface area contributed by atoms with Crippen LogP contribution < -0.4 is 5.32 Å². The summed E-state index contributed by atoms with van der Waals surface area (Å²) in [5, 5.41) is 3.98. The van der Waals surface area contributed by atoms with Crippen molar-refractivity contribution in [2.75, 3.05) is 44.7 Å². The van der Waals surface area contributed by atoms with Crippen LogP contribution in [-0.4, -0.2) is 72.2 Å². The number of carbonyl (C=O) groups excluding carboxylic acids is 1. The van der Waals surface area contributed by atoms with Crippen LogP contribution in [0, 0.1) is 0 Å². The summed E-state index contributed by atoms with van der Waals surface area (Å²) in [6, 6.07) is 0.698. The maximum absolute atomic E-state index is 12.7. The van der Waals surface area contributed by atoms with Crippen molar-refractivity contribution in [2.45, 2.75) is 32.4 Å². The van der Waals surface area contributed by atoms with E-state index < -0.39 is 0 Å². The zero-order valence-electron chi connectivity index (χ0n) is 13.2. The van der Waals surface area contributed by atoms with E-state index in [2.05, 4.69) is 22.1 Å². The maximum atomic E-state index is 12.7. The van der Waals surface area contributed by atoms with Crippen LogP contribution in [0.25, 0.3) is 0 Å². The summed E-state index contributed by atoms with van der Waals surface area (Å²) in [6.45, 7) is 9.40. The first-order valence-electron chi connectivity index (χ1n) is 8.03. The first-order chi connectivity index (χ1) is 10.7. The van der Waals surface area contributed by atoms with Gasteiger partial charge in [-0.3, -0.25) is 9.69 Å². The SMILES string of the molecule is CCNc1ncc(C(=O)N2CC[C@@H](N3CCOCC3)[C@H]2C)s1. The van der Waals surface area contributed by atoms with E-state index in [0.29, 0.717) is 6.04 Å². The van der Waals surface area contributed by atoms with Crippen molar-refractivity contribution in [1.29, 1.82) is 0 Å². The normalized spacial score (nSPS) is 26.4. The van der Waals surface area contributed by atoms with Gasteiger partial charge in [-0.05, 0) is 20.3 Å². The summed E-state index contributed by atoms with van der Waals surface area (Å²) >= 11 is 1.44. The van der Waals surface area contributed by atoms with Gasteiger partial charge in [0.15, 0.2) is 5.13 Å². The lowest BCUT2D eigenvalue weighted by atomic mass is 10.1. The third-order valence-electron chi connectivity index (χ3n) is 4.53. The second-order valence-corrected chi connectivity index (χ2v) is 6.83. The molecule has 3 rings (SSSR count). The first-order valence-corrected chi connectivity index (χ1v) is 8.84. The molecule has 0 spiro atoms. The van der Waals surface area contributed by atoms with Crippen LogP contribution in [-0.2, 0) is 4.74 Å². The van der Waals surface area contributed by atoms with Gasteiger partial charge in [0.1, 0.15) is 4.88 Å². The maximum Gasteiger partial charge on any atom is 0.265 e. The molecule has 1 aromatic heterocycles. The zero-order chi connectivity index (χ0) is 15.5. The Labute approximate surface area is 135 Å². The van der Waals surface area contributed by atoms with E-state index >= 15 is 0 Å². The van der Waals surface area contributed by atoms with Crippen molar-refractivity contribution in [3.05, 3.63) is 11.1 Å². The Morgan fingerprint density at radius 2 is 2.23 bits per heavy atom. The Morgan fingerprint density at radius 1 is 1.45 bits per heavy atom. The van der Waals surface area contributed by atoms with Gasteiger partial charge in [-0.25, -0.2) is 4.98 Å². The highest BCUT2D eigenvalue weighted by Crippen LogP contribution is 2.27. The van der Waals surface area contributed by atoms with Gasteiger partial charge in [-0.2, -0.15) is 0 Å². The zero-order valence-corrected chi connectivity index (χ0v) is 14.1. The minimum absolute atomic E-state index is 0.116. The average molecular weight is 324 g/mol. The molecule has 1 aromatic rings. The molecule has 0 unspecified atom stereocenters. The van der Waals surface area contributed by atoms with Crippen LogP contribution in [0.1, 0.15) is 29.9 Å². The molecule has 0 bridgehead atoms. The molecule has 0 saturated carbocycles. The van der Waals surface area contributed by atoms with Crippen LogP contribution in [0.2, 0.25) is 0 Å². The number of hydrogen-bond acceptors (Lipinski definition) is 6. The summed E-state index contributed by atoms with van der Waals surface area (Å²) < 4.78 is 5.43. The molecule has 1 amide bonds. The molecule has 6 nitrogen and oxygen atoms in total. The molecule has 1 N–H and O–H groups in total. The predicted octanol–water partition coefficient (Wildman–Crippen LogP) is 1.51. The number of carbonyl (C=O) groups is 1. The van der Waals surface area contributed by atoms with E-state index in [1.54, 1.807) is 6.20 Å². The number of likely N-dealkylation sites (tertiary alicyclic amines) is 1. The third-order valence-corrected chi connectivity index (χ3v) is 5.48. The highest BCUT2D eigenvalue weighted by atomic mass is 32.1. The lowest BCUT2D eigenvalue weighted by Gasteiger charge is -2.35. The quantitative estimate of drug-likeness (QED) is 0.910. The number of amides is 1. The summed E-state index contributed by atoms with van der Waals surface area (Å²) in [5.74, 6) is 0.116. The summed E-state index contributed by atoms with van der Waals surface area (Å²) in [5.41, 5.74) is 0. The van der Waals surface area contributed by atoms with Gasteiger partial charge in [0.05, 0.1) is 19.4 Å². The minimum Gasteiger partial charge on any atom is -0.379 e. The molecule has 2 fully saturated rings. The molecule has 122 valence electrons. The molecule has 2 atom stereocenters. The molecular weight excluding hydrogens is 300 g/mol. The predicted molar refractivity (Wildman–Crippen MR) is 87.6 cm³/mol. The Bertz CT molecular complexity index is 515. The van der Waals surface area contributed by atoms with E-state index in [0.717, 1.165) is 55.8 Å². The van der Waals surface area contributed by atoms with Gasteiger partial charge < -0.3 is 15.0 Å². The van der Waals surface area contributed by atoms with Gasteiger partial charge in [0.2, 0.25) is 0 Å². The van der Waals surface area contributed by atoms with E-state index in [1.807, 2.05) is 11.8 Å². The second kappa shape index (κ2) is 6.93. The van der Waals surface area contributed by atoms with Crippen molar-refractivity contribution in [2.24, 2.45) is 0 Å². The minimum atomic E-state index is 0.116. The van der Waals surface area contributed by atoms with Gasteiger partial charge >= 0.3 is 0 Å². The number of aromatic nitrogens is 1. The second-order valence-electron chi connectivity index (χ2n) is 5.80. The van der Waals surface area contributed by atoms with Gasteiger partial charge in [0.25, 0.3) is 5.91 Å². The molecule has 0 radical (unpaired) electrons. The third kappa shape index (κ3) is 3.11. The molecule has 0 aromatic carbocycles. The number of ether oxygens (including phenoxy) is 1. The topological polar surface area (TPSA) is 57.7 Å². The molecule has 22 heavy (non-hydrogen) atoms. The summed E-state index contributed by atoms with van der Waals surface area (Å²) in [4.78, 5) is 22.2. The van der Waals surface area contributed by atoms with E-state index in [4.69, 9.17) is 4.74 Å². The summed E-state index contributed by atoms with van der Waals surface area (Å²) in [6.07, 6.45) is 2.74. The van der Waals surface area contributed by atoms with Crippen LogP contribution in [0.5, 0.6) is 0 Å². The van der Waals surface area contributed by atoms with Crippen molar-refractivity contribution >= 4 is 22.4 Å². The van der Waals surface area contributed by atoms with E-state index in [1.165, 1.54) is 11.3 Å². The molecule has 2 aliphatic rings. The first kappa shape index (κ1) is 15.7. The lowest BCUT2D eigenvalue weighted by Crippen LogP contribution is -2.49. The lowest BCUT2D eigenvalue weighted by molar-refractivity contribution is 0.0105.